The van der Waals surface area contributed by atoms with Gasteiger partial charge in [-0.2, -0.15) is 0 Å². The first-order chi connectivity index (χ1) is 23.5. The van der Waals surface area contributed by atoms with E-state index in [0.717, 1.165) is 64.2 Å². The zero-order valence-corrected chi connectivity index (χ0v) is 31.4. The quantitative estimate of drug-likeness (QED) is 0.0297. The summed E-state index contributed by atoms with van der Waals surface area (Å²) < 4.78 is 10.3. The molecule has 0 bridgehead atoms. The Morgan fingerprint density at radius 1 is 0.521 bits per heavy atom. The van der Waals surface area contributed by atoms with Gasteiger partial charge in [-0.25, -0.2) is 0 Å². The Morgan fingerprint density at radius 3 is 1.38 bits per heavy atom. The van der Waals surface area contributed by atoms with E-state index in [9.17, 15) is 19.8 Å². The number of carbonyl (C=O) groups is 2. The fourth-order valence-corrected chi connectivity index (χ4v) is 5.65. The highest BCUT2D eigenvalue weighted by molar-refractivity contribution is 5.69. The van der Waals surface area contributed by atoms with Gasteiger partial charge in [-0.3, -0.25) is 9.59 Å². The van der Waals surface area contributed by atoms with Crippen LogP contribution in [0.3, 0.4) is 0 Å². The van der Waals surface area contributed by atoms with Gasteiger partial charge in [0.2, 0.25) is 0 Å². The summed E-state index contributed by atoms with van der Waals surface area (Å²) in [5.41, 5.74) is 0. The number of ether oxygens (including phenoxy) is 2. The molecule has 6 heteroatoms. The highest BCUT2D eigenvalue weighted by atomic mass is 16.6. The van der Waals surface area contributed by atoms with E-state index < -0.39 is 12.2 Å². The Labute approximate surface area is 296 Å². The number of hydrogen-bond acceptors (Lipinski definition) is 6. The maximum Gasteiger partial charge on any atom is 0.305 e. The van der Waals surface area contributed by atoms with Crippen LogP contribution in [0, 0.1) is 0 Å². The van der Waals surface area contributed by atoms with Crippen molar-refractivity contribution in [2.24, 2.45) is 0 Å². The van der Waals surface area contributed by atoms with Crippen LogP contribution < -0.4 is 0 Å². The number of unbranched alkanes of at least 4 members (excludes halogenated alkanes) is 22. The van der Waals surface area contributed by atoms with Crippen molar-refractivity contribution >= 4 is 11.9 Å². The van der Waals surface area contributed by atoms with Gasteiger partial charge in [-0.15, -0.1) is 0 Å². The van der Waals surface area contributed by atoms with Gasteiger partial charge in [-0.05, 0) is 38.5 Å². The normalized spacial score (nSPS) is 13.2. The summed E-state index contributed by atoms with van der Waals surface area (Å²) in [5.74, 6) is -0.612. The molecule has 0 heterocycles. The molecule has 6 nitrogen and oxygen atoms in total. The van der Waals surface area contributed by atoms with Crippen LogP contribution in [0.2, 0.25) is 0 Å². The van der Waals surface area contributed by atoms with E-state index in [1.165, 1.54) is 96.3 Å². The van der Waals surface area contributed by atoms with Gasteiger partial charge in [0.05, 0.1) is 6.10 Å². The monoisotopic (exact) mass is 677 g/mol. The molecule has 2 atom stereocenters. The van der Waals surface area contributed by atoms with E-state index in [-0.39, 0.29) is 25.2 Å². The SMILES string of the molecule is CC/C=C/CC(O)/C=C/C=C/CCCCCCCC(=O)OC[C@@H](O)COC(=O)CCCCCCCCCCCCCCCCCCCC. The molecule has 0 radical (unpaired) electrons. The minimum absolute atomic E-state index is 0.133. The molecule has 280 valence electrons. The predicted molar refractivity (Wildman–Crippen MR) is 202 cm³/mol. The summed E-state index contributed by atoms with van der Waals surface area (Å²) in [4.78, 5) is 23.9. The second-order valence-electron chi connectivity index (χ2n) is 13.6. The molecule has 0 spiro atoms. The molecule has 0 saturated heterocycles. The first-order valence-corrected chi connectivity index (χ1v) is 20.1. The number of carbonyl (C=O) groups excluding carboxylic acids is 2. The molecule has 0 aliphatic heterocycles. The Hall–Kier alpha value is -1.92. The third-order valence-electron chi connectivity index (χ3n) is 8.72. The van der Waals surface area contributed by atoms with Crippen LogP contribution >= 0.6 is 0 Å². The molecule has 0 aromatic rings. The maximum absolute atomic E-state index is 12.0. The van der Waals surface area contributed by atoms with Crippen LogP contribution in [0.25, 0.3) is 0 Å². The van der Waals surface area contributed by atoms with Crippen LogP contribution in [0.4, 0.5) is 0 Å². The molecule has 0 aliphatic rings. The Kier molecular flexibility index (Phi) is 36.4. The molecule has 0 amide bonds. The van der Waals surface area contributed by atoms with Crippen molar-refractivity contribution in [3.63, 3.8) is 0 Å². The summed E-state index contributed by atoms with van der Waals surface area (Å²) in [7, 11) is 0. The standard InChI is InChI=1S/C42H76O6/c1-3-5-7-8-9-10-11-12-13-14-15-16-17-18-21-24-27-31-35-41(45)47-37-40(44)38-48-42(46)36-32-28-25-22-19-20-23-26-30-34-39(43)33-29-6-4-2/h6,23,26,29-30,34,39-40,43-44H,3-5,7-22,24-25,27-28,31-33,35-38H2,1-2H3/b26-23+,29-6+,34-30+/t39?,40-/m0/s1. The van der Waals surface area contributed by atoms with Crippen molar-refractivity contribution in [3.05, 3.63) is 36.5 Å². The summed E-state index contributed by atoms with van der Waals surface area (Å²) in [6.07, 6.45) is 42.5. The third kappa shape index (κ3) is 36.9. The number of aliphatic hydroxyl groups is 2. The molecule has 2 N–H and O–H groups in total. The topological polar surface area (TPSA) is 93.1 Å². The fourth-order valence-electron chi connectivity index (χ4n) is 5.65. The molecule has 0 rings (SSSR count). The van der Waals surface area contributed by atoms with Crippen LogP contribution in [0.5, 0.6) is 0 Å². The van der Waals surface area contributed by atoms with Crippen LogP contribution in [-0.4, -0.2) is 47.6 Å². The van der Waals surface area contributed by atoms with E-state index in [0.29, 0.717) is 19.3 Å². The molecule has 0 fully saturated rings. The van der Waals surface area contributed by atoms with Crippen molar-refractivity contribution in [2.75, 3.05) is 13.2 Å². The van der Waals surface area contributed by atoms with E-state index >= 15 is 0 Å². The summed E-state index contributed by atoms with van der Waals surface area (Å²) in [5, 5.41) is 19.8. The van der Waals surface area contributed by atoms with E-state index in [4.69, 9.17) is 9.47 Å². The lowest BCUT2D eigenvalue weighted by molar-refractivity contribution is -0.152. The smallest absolute Gasteiger partial charge is 0.305 e. The van der Waals surface area contributed by atoms with Gasteiger partial charge < -0.3 is 19.7 Å². The van der Waals surface area contributed by atoms with Gasteiger partial charge in [0, 0.05) is 12.8 Å². The number of aliphatic hydroxyl groups excluding tert-OH is 2. The second kappa shape index (κ2) is 37.9. The molecule has 0 aromatic carbocycles. The third-order valence-corrected chi connectivity index (χ3v) is 8.72. The number of rotatable bonds is 36. The van der Waals surface area contributed by atoms with Crippen molar-refractivity contribution in [1.29, 1.82) is 0 Å². The largest absolute Gasteiger partial charge is 0.463 e. The van der Waals surface area contributed by atoms with Gasteiger partial charge >= 0.3 is 11.9 Å². The molecule has 0 aromatic heterocycles. The highest BCUT2D eigenvalue weighted by Gasteiger charge is 2.12. The predicted octanol–water partition coefficient (Wildman–Crippen LogP) is 11.4. The number of allylic oxidation sites excluding steroid dienone is 4. The average molecular weight is 677 g/mol. The average Bonchev–Trinajstić information content (AvgIpc) is 3.08. The lowest BCUT2D eigenvalue weighted by atomic mass is 10.0. The van der Waals surface area contributed by atoms with Gasteiger partial charge in [0.1, 0.15) is 19.3 Å². The lowest BCUT2D eigenvalue weighted by Gasteiger charge is -2.12. The fraction of sp³-hybridized carbons (Fsp3) is 0.810. The zero-order valence-electron chi connectivity index (χ0n) is 31.4. The Balaban J connectivity index is 3.47. The van der Waals surface area contributed by atoms with E-state index in [1.807, 2.05) is 24.3 Å². The molecule has 0 saturated carbocycles. The first kappa shape index (κ1) is 46.1. The second-order valence-corrected chi connectivity index (χ2v) is 13.6. The summed E-state index contributed by atoms with van der Waals surface area (Å²) in [6, 6.07) is 0. The zero-order chi connectivity index (χ0) is 35.2. The van der Waals surface area contributed by atoms with E-state index in [2.05, 4.69) is 26.0 Å². The Bertz CT molecular complexity index is 789. The summed E-state index contributed by atoms with van der Waals surface area (Å²) >= 11 is 0. The van der Waals surface area contributed by atoms with Crippen molar-refractivity contribution in [3.8, 4) is 0 Å². The molecular weight excluding hydrogens is 600 g/mol. The first-order valence-electron chi connectivity index (χ1n) is 20.1. The molecule has 1 unspecified atom stereocenters. The van der Waals surface area contributed by atoms with Gasteiger partial charge in [0.15, 0.2) is 0 Å². The van der Waals surface area contributed by atoms with Gasteiger partial charge in [0.25, 0.3) is 0 Å². The van der Waals surface area contributed by atoms with Crippen molar-refractivity contribution < 1.29 is 29.3 Å². The number of hydrogen-bond donors (Lipinski definition) is 2. The summed E-state index contributed by atoms with van der Waals surface area (Å²) in [6.45, 7) is 4.08. The molecular formula is C42H76O6. The molecule has 0 aliphatic carbocycles. The van der Waals surface area contributed by atoms with E-state index in [1.54, 1.807) is 0 Å². The highest BCUT2D eigenvalue weighted by Crippen LogP contribution is 2.15. The lowest BCUT2D eigenvalue weighted by Crippen LogP contribution is -2.25. The van der Waals surface area contributed by atoms with Crippen LogP contribution in [0.15, 0.2) is 36.5 Å². The molecule has 48 heavy (non-hydrogen) atoms. The van der Waals surface area contributed by atoms with Gasteiger partial charge in [-0.1, -0.05) is 179 Å². The Morgan fingerprint density at radius 2 is 0.938 bits per heavy atom. The minimum Gasteiger partial charge on any atom is -0.463 e. The van der Waals surface area contributed by atoms with Crippen LogP contribution in [0.1, 0.15) is 194 Å². The number of esters is 2. The van der Waals surface area contributed by atoms with Crippen molar-refractivity contribution in [1.82, 2.24) is 0 Å². The minimum atomic E-state index is -0.984. The van der Waals surface area contributed by atoms with Crippen molar-refractivity contribution in [2.45, 2.75) is 206 Å². The maximum atomic E-state index is 12.0. The van der Waals surface area contributed by atoms with Crippen LogP contribution in [-0.2, 0) is 19.1 Å².